The third-order valence-corrected chi connectivity index (χ3v) is 4.27. The first-order valence-corrected chi connectivity index (χ1v) is 7.69. The van der Waals surface area contributed by atoms with Crippen molar-refractivity contribution < 1.29 is 0 Å². The molecule has 3 heteroatoms. The maximum absolute atomic E-state index is 4.76. The van der Waals surface area contributed by atoms with Gasteiger partial charge in [-0.1, -0.05) is 43.8 Å². The summed E-state index contributed by atoms with van der Waals surface area (Å²) in [5, 5.41) is 1.74. The molecule has 2 aromatic rings. The minimum Gasteiger partial charge on any atom is -0.329 e. The van der Waals surface area contributed by atoms with Gasteiger partial charge in [-0.2, -0.15) is 0 Å². The Labute approximate surface area is 132 Å². The third kappa shape index (κ3) is 2.89. The van der Waals surface area contributed by atoms with Crippen molar-refractivity contribution in [1.82, 2.24) is 9.55 Å². The van der Waals surface area contributed by atoms with E-state index in [0.717, 1.165) is 28.7 Å². The van der Waals surface area contributed by atoms with Crippen molar-refractivity contribution in [3.8, 4) is 0 Å². The molecule has 3 nitrogen and oxygen atoms in total. The van der Waals surface area contributed by atoms with Crippen LogP contribution in [-0.4, -0.2) is 15.3 Å². The van der Waals surface area contributed by atoms with Crippen LogP contribution in [0, 0.1) is 0 Å². The molecule has 0 N–H and O–H groups in total. The Morgan fingerprint density at radius 3 is 2.50 bits per heavy atom. The molecule has 0 aliphatic heterocycles. The average Bonchev–Trinajstić information content (AvgIpc) is 2.80. The van der Waals surface area contributed by atoms with Gasteiger partial charge in [-0.15, -0.1) is 0 Å². The molecule has 116 valence electrons. The van der Waals surface area contributed by atoms with Crippen molar-refractivity contribution in [2.24, 2.45) is 12.0 Å². The maximum Gasteiger partial charge on any atom is 0.120 e. The third-order valence-electron chi connectivity index (χ3n) is 4.27. The molecule has 0 aliphatic rings. The van der Waals surface area contributed by atoms with Gasteiger partial charge in [0.05, 0.1) is 22.3 Å². The van der Waals surface area contributed by atoms with Gasteiger partial charge >= 0.3 is 0 Å². The molecular formula is C19H25N3. The first-order valence-electron chi connectivity index (χ1n) is 7.69. The van der Waals surface area contributed by atoms with Crippen LogP contribution in [0.4, 0.5) is 0 Å². The molecule has 1 atom stereocenters. The zero-order valence-electron chi connectivity index (χ0n) is 14.2. The number of hydrogen-bond acceptors (Lipinski definition) is 2. The lowest BCUT2D eigenvalue weighted by molar-refractivity contribution is 0.492. The first kappa shape index (κ1) is 16.2. The maximum atomic E-state index is 4.76. The summed E-state index contributed by atoms with van der Waals surface area (Å²) in [5.74, 6) is 1.03. The number of rotatable bonds is 4. The summed E-state index contributed by atoms with van der Waals surface area (Å²) in [6, 6.07) is 10.5. The van der Waals surface area contributed by atoms with E-state index in [0.29, 0.717) is 0 Å². The van der Waals surface area contributed by atoms with Gasteiger partial charge in [0.15, 0.2) is 0 Å². The monoisotopic (exact) mass is 295 g/mol. The van der Waals surface area contributed by atoms with E-state index in [4.69, 9.17) is 4.98 Å². The van der Waals surface area contributed by atoms with Gasteiger partial charge in [-0.3, -0.25) is 4.99 Å². The summed E-state index contributed by atoms with van der Waals surface area (Å²) in [5.41, 5.74) is 2.15. The molecule has 22 heavy (non-hydrogen) atoms. The van der Waals surface area contributed by atoms with Gasteiger partial charge in [0.25, 0.3) is 0 Å². The van der Waals surface area contributed by atoms with Gasteiger partial charge in [0.2, 0.25) is 0 Å². The second-order valence-electron chi connectivity index (χ2n) is 6.08. The Morgan fingerprint density at radius 2 is 1.95 bits per heavy atom. The molecule has 1 aromatic carbocycles. The van der Waals surface area contributed by atoms with Crippen LogP contribution in [0.1, 0.15) is 45.5 Å². The van der Waals surface area contributed by atoms with E-state index < -0.39 is 0 Å². The Balaban J connectivity index is 2.67. The van der Waals surface area contributed by atoms with Crippen LogP contribution in [0.5, 0.6) is 0 Å². The fourth-order valence-electron chi connectivity index (χ4n) is 2.71. The molecule has 0 fully saturated rings. The van der Waals surface area contributed by atoms with Crippen molar-refractivity contribution in [3.63, 3.8) is 0 Å². The molecule has 1 heterocycles. The molecule has 0 spiro atoms. The van der Waals surface area contributed by atoms with Crippen LogP contribution >= 0.6 is 0 Å². The highest BCUT2D eigenvalue weighted by molar-refractivity contribution is 5.81. The van der Waals surface area contributed by atoms with Gasteiger partial charge in [0, 0.05) is 12.8 Å². The van der Waals surface area contributed by atoms with Crippen LogP contribution in [0.3, 0.4) is 0 Å². The summed E-state index contributed by atoms with van der Waals surface area (Å²) >= 11 is 0. The van der Waals surface area contributed by atoms with Crippen LogP contribution in [0.25, 0.3) is 12.8 Å². The lowest BCUT2D eigenvalue weighted by Crippen LogP contribution is -2.30. The van der Waals surface area contributed by atoms with Crippen molar-refractivity contribution >= 4 is 18.5 Å². The number of nitrogens with zero attached hydrogens (tertiary/aromatic N) is 3. The first-order chi connectivity index (χ1) is 10.4. The summed E-state index contributed by atoms with van der Waals surface area (Å²) in [7, 11) is 2.04. The van der Waals surface area contributed by atoms with E-state index in [2.05, 4.69) is 54.3 Å². The Kier molecular flexibility index (Phi) is 4.65. The second kappa shape index (κ2) is 6.30. The van der Waals surface area contributed by atoms with E-state index in [1.807, 2.05) is 33.2 Å². The van der Waals surface area contributed by atoms with E-state index in [-0.39, 0.29) is 5.41 Å². The minimum atomic E-state index is -0.139. The molecule has 1 aromatic heterocycles. The highest BCUT2D eigenvalue weighted by Crippen LogP contribution is 2.32. The number of hydrogen-bond donors (Lipinski definition) is 0. The van der Waals surface area contributed by atoms with E-state index >= 15 is 0 Å². The lowest BCUT2D eigenvalue weighted by Gasteiger charge is -2.28. The molecule has 0 saturated heterocycles. The lowest BCUT2D eigenvalue weighted by atomic mass is 9.79. The summed E-state index contributed by atoms with van der Waals surface area (Å²) in [6.45, 7) is 12.5. The van der Waals surface area contributed by atoms with Crippen molar-refractivity contribution in [2.45, 2.75) is 39.5 Å². The Bertz CT molecular complexity index is 780. The summed E-state index contributed by atoms with van der Waals surface area (Å²) in [4.78, 5) is 9.16. The number of benzene rings is 1. The van der Waals surface area contributed by atoms with Gasteiger partial charge in [-0.25, -0.2) is 4.98 Å². The molecule has 1 unspecified atom stereocenters. The van der Waals surface area contributed by atoms with E-state index in [1.54, 1.807) is 0 Å². The van der Waals surface area contributed by atoms with Gasteiger partial charge < -0.3 is 4.57 Å². The second-order valence-corrected chi connectivity index (χ2v) is 6.08. The van der Waals surface area contributed by atoms with E-state index in [9.17, 15) is 0 Å². The van der Waals surface area contributed by atoms with E-state index in [1.165, 1.54) is 5.56 Å². The zero-order chi connectivity index (χ0) is 16.3. The quantitative estimate of drug-likeness (QED) is 0.798. The standard InChI is InChI=1S/C19H25N3/c1-7-19(5,16-11-9-8-10-12-16)18-21-15(4)17(22(18)6)13-20-14(2)3/h8-13H,4,7H2,1-3,5-6H3/b17-13+. The normalized spacial score (nSPS) is 14.7. The highest BCUT2D eigenvalue weighted by Gasteiger charge is 2.31. The van der Waals surface area contributed by atoms with Gasteiger partial charge in [0.1, 0.15) is 5.82 Å². The van der Waals surface area contributed by atoms with Crippen LogP contribution in [0.15, 0.2) is 35.3 Å². The molecule has 2 rings (SSSR count). The number of aromatic nitrogens is 2. The van der Waals surface area contributed by atoms with Crippen molar-refractivity contribution in [3.05, 3.63) is 52.4 Å². The largest absolute Gasteiger partial charge is 0.329 e. The van der Waals surface area contributed by atoms with Crippen LogP contribution in [-0.2, 0) is 12.5 Å². The fraction of sp³-hybridized carbons (Fsp3) is 0.368. The molecule has 0 amide bonds. The average molecular weight is 295 g/mol. The number of imidazole rings is 1. The molecule has 0 bridgehead atoms. The predicted octanol–water partition coefficient (Wildman–Crippen LogP) is 2.77. The minimum absolute atomic E-state index is 0.139. The van der Waals surface area contributed by atoms with Gasteiger partial charge in [-0.05, 0) is 32.8 Å². The summed E-state index contributed by atoms with van der Waals surface area (Å²) in [6.07, 6.45) is 2.83. The van der Waals surface area contributed by atoms with Crippen molar-refractivity contribution in [1.29, 1.82) is 0 Å². The molecule has 0 aliphatic carbocycles. The summed E-state index contributed by atoms with van der Waals surface area (Å²) < 4.78 is 2.12. The van der Waals surface area contributed by atoms with Crippen LogP contribution in [0.2, 0.25) is 0 Å². The number of aliphatic imine (C=N–C) groups is 1. The molecular weight excluding hydrogens is 270 g/mol. The Morgan fingerprint density at radius 1 is 1.32 bits per heavy atom. The molecule has 0 saturated carbocycles. The highest BCUT2D eigenvalue weighted by atomic mass is 15.1. The van der Waals surface area contributed by atoms with Crippen molar-refractivity contribution in [2.75, 3.05) is 0 Å². The SMILES string of the molecule is C=c1nc(C(C)(CC)c2ccccc2)n(C)/c1=C/N=C(C)C. The fourth-order valence-corrected chi connectivity index (χ4v) is 2.71. The predicted molar refractivity (Wildman–Crippen MR) is 94.4 cm³/mol. The Hall–Kier alpha value is -2.16. The zero-order valence-corrected chi connectivity index (χ0v) is 14.2. The topological polar surface area (TPSA) is 30.2 Å². The van der Waals surface area contributed by atoms with Crippen LogP contribution < -0.4 is 10.7 Å². The molecule has 0 radical (unpaired) electrons. The smallest absolute Gasteiger partial charge is 0.120 e.